The zero-order valence-electron chi connectivity index (χ0n) is 9.57. The third kappa shape index (κ3) is 2.42. The van der Waals surface area contributed by atoms with E-state index in [-0.39, 0.29) is 10.9 Å². The van der Waals surface area contributed by atoms with Crippen molar-refractivity contribution in [3.05, 3.63) is 35.4 Å². The van der Waals surface area contributed by atoms with Gasteiger partial charge in [0.2, 0.25) is 0 Å². The summed E-state index contributed by atoms with van der Waals surface area (Å²) in [7, 11) is -3.34. The number of alkyl halides is 1. The van der Waals surface area contributed by atoms with Crippen LogP contribution in [-0.2, 0) is 15.7 Å². The van der Waals surface area contributed by atoms with Crippen molar-refractivity contribution in [3.8, 4) is 0 Å². The van der Waals surface area contributed by atoms with Gasteiger partial charge >= 0.3 is 0 Å². The third-order valence-corrected chi connectivity index (χ3v) is 3.85. The van der Waals surface area contributed by atoms with Crippen molar-refractivity contribution >= 4 is 32.3 Å². The summed E-state index contributed by atoms with van der Waals surface area (Å²) < 4.78 is 23.2. The number of hydrogen-bond acceptors (Lipinski definition) is 3. The number of rotatable bonds is 2. The first-order valence-electron chi connectivity index (χ1n) is 5.08. The Bertz CT molecular complexity index is 680. The maximum absolute atomic E-state index is 11.6. The van der Waals surface area contributed by atoms with Gasteiger partial charge in [-0.2, -0.15) is 0 Å². The molecule has 0 bridgehead atoms. The summed E-state index contributed by atoms with van der Waals surface area (Å²) in [6.45, 7) is 1.98. The topological polar surface area (TPSA) is 47.0 Å². The lowest BCUT2D eigenvalue weighted by atomic mass is 10.1. The van der Waals surface area contributed by atoms with Crippen LogP contribution in [0.15, 0.2) is 29.3 Å². The summed E-state index contributed by atoms with van der Waals surface area (Å²) in [6.07, 6.45) is 1.14. The van der Waals surface area contributed by atoms with Crippen LogP contribution in [0.5, 0.6) is 0 Å². The predicted molar refractivity (Wildman–Crippen MR) is 69.1 cm³/mol. The summed E-state index contributed by atoms with van der Waals surface area (Å²) in [5.41, 5.74) is 2.32. The Kier molecular flexibility index (Phi) is 3.10. The highest BCUT2D eigenvalue weighted by atomic mass is 35.5. The molecule has 90 valence electrons. The first-order chi connectivity index (χ1) is 7.91. The van der Waals surface area contributed by atoms with Crippen LogP contribution in [0, 0.1) is 6.92 Å². The van der Waals surface area contributed by atoms with Crippen molar-refractivity contribution in [1.82, 2.24) is 4.98 Å². The molecule has 0 radical (unpaired) electrons. The number of pyridine rings is 1. The van der Waals surface area contributed by atoms with Crippen LogP contribution in [0.4, 0.5) is 0 Å². The fourth-order valence-electron chi connectivity index (χ4n) is 1.74. The molecule has 1 heterocycles. The molecule has 0 aliphatic heterocycles. The zero-order valence-corrected chi connectivity index (χ0v) is 11.1. The Balaban J connectivity index is 2.83. The number of aryl methyl sites for hydroxylation is 1. The number of benzene rings is 1. The molecule has 5 heteroatoms. The number of halogens is 1. The first-order valence-corrected chi connectivity index (χ1v) is 7.51. The van der Waals surface area contributed by atoms with Gasteiger partial charge in [0.05, 0.1) is 11.4 Å². The van der Waals surface area contributed by atoms with Gasteiger partial charge in [-0.05, 0) is 25.1 Å². The molecule has 0 atom stereocenters. The second-order valence-corrected chi connectivity index (χ2v) is 6.25. The van der Waals surface area contributed by atoms with Crippen molar-refractivity contribution < 1.29 is 8.42 Å². The monoisotopic (exact) mass is 269 g/mol. The van der Waals surface area contributed by atoms with E-state index in [0.29, 0.717) is 11.1 Å². The Labute approximate surface area is 105 Å². The summed E-state index contributed by atoms with van der Waals surface area (Å²) in [4.78, 5) is 4.19. The summed E-state index contributed by atoms with van der Waals surface area (Å²) >= 11 is 5.77. The van der Waals surface area contributed by atoms with Crippen LogP contribution >= 0.6 is 11.6 Å². The molecule has 1 aromatic heterocycles. The van der Waals surface area contributed by atoms with Crippen molar-refractivity contribution in [2.75, 3.05) is 6.26 Å². The van der Waals surface area contributed by atoms with E-state index in [1.165, 1.54) is 0 Å². The van der Waals surface area contributed by atoms with E-state index in [1.807, 2.05) is 25.1 Å². The van der Waals surface area contributed by atoms with Gasteiger partial charge in [0.15, 0.2) is 14.9 Å². The molecular weight excluding hydrogens is 258 g/mol. The lowest BCUT2D eigenvalue weighted by Crippen LogP contribution is -2.05. The Hall–Kier alpha value is -1.13. The largest absolute Gasteiger partial charge is 0.236 e. The van der Waals surface area contributed by atoms with Crippen molar-refractivity contribution in [2.45, 2.75) is 17.8 Å². The van der Waals surface area contributed by atoms with Gasteiger partial charge in [-0.15, -0.1) is 11.6 Å². The van der Waals surface area contributed by atoms with Crippen molar-refractivity contribution in [1.29, 1.82) is 0 Å². The average molecular weight is 270 g/mol. The molecule has 2 aromatic rings. The molecule has 3 nitrogen and oxygen atoms in total. The fourth-order valence-corrected chi connectivity index (χ4v) is 2.89. The quantitative estimate of drug-likeness (QED) is 0.788. The SMILES string of the molecule is Cc1ccc2nc(S(C)(=O)=O)c(CCl)cc2c1. The molecule has 0 aliphatic carbocycles. The van der Waals surface area contributed by atoms with Gasteiger partial charge in [-0.3, -0.25) is 0 Å². The van der Waals surface area contributed by atoms with Gasteiger partial charge in [-0.25, -0.2) is 13.4 Å². The molecule has 0 saturated heterocycles. The van der Waals surface area contributed by atoms with Gasteiger partial charge in [0.25, 0.3) is 0 Å². The zero-order chi connectivity index (χ0) is 12.6. The first kappa shape index (κ1) is 12.3. The molecular formula is C12H12ClNO2S. The van der Waals surface area contributed by atoms with Crippen LogP contribution in [0.2, 0.25) is 0 Å². The minimum Gasteiger partial charge on any atom is -0.236 e. The van der Waals surface area contributed by atoms with Crippen LogP contribution in [0.25, 0.3) is 10.9 Å². The number of fused-ring (bicyclic) bond motifs is 1. The predicted octanol–water partition coefficient (Wildman–Crippen LogP) is 2.69. The second kappa shape index (κ2) is 4.27. The maximum Gasteiger partial charge on any atom is 0.193 e. The van der Waals surface area contributed by atoms with Crippen LogP contribution < -0.4 is 0 Å². The van der Waals surface area contributed by atoms with E-state index in [9.17, 15) is 8.42 Å². The minimum atomic E-state index is -3.34. The highest BCUT2D eigenvalue weighted by Crippen LogP contribution is 2.22. The highest BCUT2D eigenvalue weighted by molar-refractivity contribution is 7.90. The number of nitrogens with zero attached hydrogens (tertiary/aromatic N) is 1. The van der Waals surface area contributed by atoms with Crippen LogP contribution in [0.3, 0.4) is 0 Å². The molecule has 0 amide bonds. The Morgan fingerprint density at radius 2 is 2.00 bits per heavy atom. The van der Waals surface area contributed by atoms with E-state index in [0.717, 1.165) is 17.2 Å². The van der Waals surface area contributed by atoms with E-state index in [2.05, 4.69) is 4.98 Å². The van der Waals surface area contributed by atoms with E-state index in [4.69, 9.17) is 11.6 Å². The molecule has 2 rings (SSSR count). The second-order valence-electron chi connectivity index (χ2n) is 4.05. The number of hydrogen-bond donors (Lipinski definition) is 0. The Morgan fingerprint density at radius 3 is 2.59 bits per heavy atom. The molecule has 1 aromatic carbocycles. The summed E-state index contributed by atoms with van der Waals surface area (Å²) in [5, 5.41) is 0.983. The van der Waals surface area contributed by atoms with Gasteiger partial charge in [-0.1, -0.05) is 11.6 Å². The van der Waals surface area contributed by atoms with Gasteiger partial charge < -0.3 is 0 Å². The minimum absolute atomic E-state index is 0.0730. The standard InChI is InChI=1S/C12H12ClNO2S/c1-8-3-4-11-9(5-8)6-10(7-13)12(14-11)17(2,15)16/h3-6H,7H2,1-2H3. The Morgan fingerprint density at radius 1 is 1.29 bits per heavy atom. The molecule has 0 fully saturated rings. The molecule has 0 unspecified atom stereocenters. The van der Waals surface area contributed by atoms with Crippen LogP contribution in [0.1, 0.15) is 11.1 Å². The molecule has 0 saturated carbocycles. The van der Waals surface area contributed by atoms with Gasteiger partial charge in [0.1, 0.15) is 0 Å². The van der Waals surface area contributed by atoms with E-state index in [1.54, 1.807) is 6.07 Å². The van der Waals surface area contributed by atoms with Crippen molar-refractivity contribution in [2.24, 2.45) is 0 Å². The molecule has 17 heavy (non-hydrogen) atoms. The smallest absolute Gasteiger partial charge is 0.193 e. The molecule has 0 spiro atoms. The maximum atomic E-state index is 11.6. The van der Waals surface area contributed by atoms with E-state index < -0.39 is 9.84 Å². The lowest BCUT2D eigenvalue weighted by Gasteiger charge is -2.07. The lowest BCUT2D eigenvalue weighted by molar-refractivity contribution is 0.598. The summed E-state index contributed by atoms with van der Waals surface area (Å²) in [6, 6.07) is 7.47. The van der Waals surface area contributed by atoms with Crippen molar-refractivity contribution in [3.63, 3.8) is 0 Å². The number of aromatic nitrogens is 1. The average Bonchev–Trinajstić information content (AvgIpc) is 2.25. The molecule has 0 aliphatic rings. The van der Waals surface area contributed by atoms with Crippen LogP contribution in [-0.4, -0.2) is 19.7 Å². The molecule has 0 N–H and O–H groups in total. The number of sulfone groups is 1. The normalized spacial score (nSPS) is 11.9. The summed E-state index contributed by atoms with van der Waals surface area (Å²) in [5.74, 6) is 0.138. The fraction of sp³-hybridized carbons (Fsp3) is 0.250. The highest BCUT2D eigenvalue weighted by Gasteiger charge is 2.15. The third-order valence-electron chi connectivity index (χ3n) is 2.50. The van der Waals surface area contributed by atoms with E-state index >= 15 is 0 Å². The van der Waals surface area contributed by atoms with Gasteiger partial charge in [0, 0.05) is 17.2 Å².